The molecule has 2 aliphatic heterocycles. The molecule has 226 valence electrons. The Labute approximate surface area is 248 Å². The van der Waals surface area contributed by atoms with Gasteiger partial charge in [0.05, 0.1) is 32.9 Å². The second-order valence-electron chi connectivity index (χ2n) is 10.4. The largest absolute Gasteiger partial charge is 0.497 e. The lowest BCUT2D eigenvalue weighted by molar-refractivity contribution is -0.130. The second kappa shape index (κ2) is 13.0. The molecular weight excluding hydrogens is 557 g/mol. The maximum absolute atomic E-state index is 15.2. The van der Waals surface area contributed by atoms with E-state index in [1.165, 1.54) is 11.0 Å². The number of nitrogens with zero attached hydrogens (tertiary/aromatic N) is 4. The molecule has 5 rings (SSSR count). The maximum atomic E-state index is 15.2. The first-order valence-corrected chi connectivity index (χ1v) is 14.0. The van der Waals surface area contributed by atoms with E-state index in [0.29, 0.717) is 60.9 Å². The van der Waals surface area contributed by atoms with Crippen LogP contribution in [0.4, 0.5) is 20.7 Å². The van der Waals surface area contributed by atoms with Crippen LogP contribution in [0.5, 0.6) is 11.5 Å². The van der Waals surface area contributed by atoms with Gasteiger partial charge < -0.3 is 29.7 Å². The summed E-state index contributed by atoms with van der Waals surface area (Å²) in [4.78, 5) is 46.2. The van der Waals surface area contributed by atoms with Gasteiger partial charge in [-0.25, -0.2) is 14.2 Å². The summed E-state index contributed by atoms with van der Waals surface area (Å²) >= 11 is 0. The zero-order chi connectivity index (χ0) is 30.5. The molecule has 0 saturated carbocycles. The van der Waals surface area contributed by atoms with Crippen LogP contribution in [0.3, 0.4) is 0 Å². The van der Waals surface area contributed by atoms with Gasteiger partial charge in [-0.05, 0) is 55.0 Å². The second-order valence-corrected chi connectivity index (χ2v) is 10.4. The van der Waals surface area contributed by atoms with Crippen LogP contribution in [0.15, 0.2) is 54.7 Å². The summed E-state index contributed by atoms with van der Waals surface area (Å²) in [5.41, 5.74) is 7.27. The molecule has 1 aromatic heterocycles. The molecule has 0 bridgehead atoms. The molecule has 2 fully saturated rings. The van der Waals surface area contributed by atoms with E-state index < -0.39 is 23.9 Å². The summed E-state index contributed by atoms with van der Waals surface area (Å²) in [5, 5.41) is 0. The van der Waals surface area contributed by atoms with Crippen molar-refractivity contribution in [3.05, 3.63) is 66.1 Å². The van der Waals surface area contributed by atoms with Crippen LogP contribution in [0.2, 0.25) is 0 Å². The molecular formula is C31H34FN5O6. The lowest BCUT2D eigenvalue weighted by atomic mass is 10.1. The quantitative estimate of drug-likeness (QED) is 0.380. The molecule has 2 aliphatic rings. The summed E-state index contributed by atoms with van der Waals surface area (Å²) in [5.74, 6) is 1.10. The molecule has 0 spiro atoms. The molecule has 2 saturated heterocycles. The SMILES string of the molecule is COc1ccc(OC)c(CC(=O)N2CCN(c3ccc(-c4ccc(N5CC(CCC(N)=O)OC5=O)cc4F)cn3)CC2)c1. The first-order chi connectivity index (χ1) is 20.7. The van der Waals surface area contributed by atoms with E-state index >= 15 is 4.39 Å². The van der Waals surface area contributed by atoms with E-state index in [9.17, 15) is 14.4 Å². The van der Waals surface area contributed by atoms with Crippen LogP contribution >= 0.6 is 0 Å². The molecule has 43 heavy (non-hydrogen) atoms. The number of carbonyl (C=O) groups is 3. The van der Waals surface area contributed by atoms with E-state index in [-0.39, 0.29) is 25.3 Å². The molecule has 0 aliphatic carbocycles. The number of carbonyl (C=O) groups excluding carboxylic acids is 3. The average molecular weight is 592 g/mol. The Balaban J connectivity index is 1.17. The van der Waals surface area contributed by atoms with Crippen molar-refractivity contribution in [2.24, 2.45) is 5.73 Å². The Morgan fingerprint density at radius 3 is 2.49 bits per heavy atom. The minimum atomic E-state index is -0.588. The van der Waals surface area contributed by atoms with Gasteiger partial charge >= 0.3 is 6.09 Å². The highest BCUT2D eigenvalue weighted by molar-refractivity contribution is 5.90. The van der Waals surface area contributed by atoms with E-state index in [1.807, 2.05) is 17.0 Å². The molecule has 2 aromatic carbocycles. The Kier molecular flexibility index (Phi) is 8.93. The number of methoxy groups -OCH3 is 2. The molecule has 3 amide bonds. The molecule has 12 heteroatoms. The maximum Gasteiger partial charge on any atom is 0.414 e. The summed E-state index contributed by atoms with van der Waals surface area (Å²) < 4.78 is 31.1. The topological polar surface area (TPSA) is 128 Å². The van der Waals surface area contributed by atoms with Crippen LogP contribution in [0, 0.1) is 5.82 Å². The van der Waals surface area contributed by atoms with Gasteiger partial charge in [0.25, 0.3) is 0 Å². The summed E-state index contributed by atoms with van der Waals surface area (Å²) in [6.07, 6.45) is 1.19. The molecule has 11 nitrogen and oxygen atoms in total. The van der Waals surface area contributed by atoms with Crippen LogP contribution in [-0.2, 0) is 20.7 Å². The zero-order valence-electron chi connectivity index (χ0n) is 24.1. The number of primary amides is 1. The fourth-order valence-electron chi connectivity index (χ4n) is 5.30. The van der Waals surface area contributed by atoms with Gasteiger partial charge in [0.15, 0.2) is 0 Å². The monoisotopic (exact) mass is 591 g/mol. The number of aromatic nitrogens is 1. The van der Waals surface area contributed by atoms with E-state index in [0.717, 1.165) is 11.4 Å². The number of rotatable bonds is 10. The minimum absolute atomic E-state index is 0.0109. The predicted molar refractivity (Wildman–Crippen MR) is 158 cm³/mol. The highest BCUT2D eigenvalue weighted by Crippen LogP contribution is 2.30. The lowest BCUT2D eigenvalue weighted by Crippen LogP contribution is -2.49. The van der Waals surface area contributed by atoms with Gasteiger partial charge in [-0.1, -0.05) is 0 Å². The van der Waals surface area contributed by atoms with Gasteiger partial charge in [0, 0.05) is 55.5 Å². The first-order valence-electron chi connectivity index (χ1n) is 14.0. The molecule has 0 radical (unpaired) electrons. The van der Waals surface area contributed by atoms with Crippen molar-refractivity contribution in [3.8, 4) is 22.6 Å². The number of anilines is 2. The Morgan fingerprint density at radius 2 is 1.84 bits per heavy atom. The smallest absolute Gasteiger partial charge is 0.414 e. The van der Waals surface area contributed by atoms with Crippen molar-refractivity contribution in [1.82, 2.24) is 9.88 Å². The number of benzene rings is 2. The Hall–Kier alpha value is -4.87. The number of halogens is 1. The van der Waals surface area contributed by atoms with Crippen LogP contribution in [0.25, 0.3) is 11.1 Å². The van der Waals surface area contributed by atoms with Crippen molar-refractivity contribution in [2.75, 3.05) is 56.7 Å². The van der Waals surface area contributed by atoms with Gasteiger partial charge in [-0.2, -0.15) is 0 Å². The third kappa shape index (κ3) is 6.79. The van der Waals surface area contributed by atoms with Gasteiger partial charge in [0.1, 0.15) is 29.2 Å². The average Bonchev–Trinajstić information content (AvgIpc) is 3.40. The third-order valence-corrected chi connectivity index (χ3v) is 7.70. The predicted octanol–water partition coefficient (Wildman–Crippen LogP) is 3.39. The molecule has 3 heterocycles. The van der Waals surface area contributed by atoms with Gasteiger partial charge in [-0.3, -0.25) is 14.5 Å². The van der Waals surface area contributed by atoms with Crippen molar-refractivity contribution in [2.45, 2.75) is 25.4 Å². The number of hydrogen-bond acceptors (Lipinski definition) is 8. The van der Waals surface area contributed by atoms with Crippen molar-refractivity contribution < 1.29 is 33.0 Å². The number of hydrogen-bond donors (Lipinski definition) is 1. The van der Waals surface area contributed by atoms with Gasteiger partial charge in [-0.15, -0.1) is 0 Å². The molecule has 1 atom stereocenters. The molecule has 3 aromatic rings. The number of piperazine rings is 1. The van der Waals surface area contributed by atoms with Gasteiger partial charge in [0.2, 0.25) is 11.8 Å². The number of cyclic esters (lactones) is 1. The molecule has 1 unspecified atom stereocenters. The first kappa shape index (κ1) is 29.6. The zero-order valence-corrected chi connectivity index (χ0v) is 24.1. The summed E-state index contributed by atoms with van der Waals surface area (Å²) in [6, 6.07) is 13.6. The van der Waals surface area contributed by atoms with Crippen LogP contribution in [0.1, 0.15) is 18.4 Å². The van der Waals surface area contributed by atoms with E-state index in [1.54, 1.807) is 50.7 Å². The van der Waals surface area contributed by atoms with Crippen LogP contribution < -0.4 is 25.0 Å². The van der Waals surface area contributed by atoms with E-state index in [2.05, 4.69) is 9.88 Å². The lowest BCUT2D eigenvalue weighted by Gasteiger charge is -2.35. The summed E-state index contributed by atoms with van der Waals surface area (Å²) in [7, 11) is 3.16. The Morgan fingerprint density at radius 1 is 1.05 bits per heavy atom. The standard InChI is InChI=1S/C31H34FN5O6/c1-41-23-5-8-27(42-2)21(15-23)16-30(39)36-13-11-35(12-14-36)29-10-3-20(18-34-29)25-7-4-22(17-26(25)32)37-19-24(43-31(37)40)6-9-28(33)38/h3-5,7-8,10,15,17-18,24H,6,9,11-14,16,19H2,1-2H3,(H2,33,38). The highest BCUT2D eigenvalue weighted by atomic mass is 19.1. The normalized spacial score (nSPS) is 16.7. The fraction of sp³-hybridized carbons (Fsp3) is 0.355. The van der Waals surface area contributed by atoms with Crippen molar-refractivity contribution in [3.63, 3.8) is 0 Å². The number of ether oxygens (including phenoxy) is 3. The van der Waals surface area contributed by atoms with Crippen LogP contribution in [-0.4, -0.2) is 80.8 Å². The fourth-order valence-corrected chi connectivity index (χ4v) is 5.30. The highest BCUT2D eigenvalue weighted by Gasteiger charge is 2.33. The number of pyridine rings is 1. The van der Waals surface area contributed by atoms with Crippen molar-refractivity contribution >= 4 is 29.4 Å². The summed E-state index contributed by atoms with van der Waals surface area (Å²) in [6.45, 7) is 2.54. The molecule has 2 N–H and O–H groups in total. The number of amides is 3. The minimum Gasteiger partial charge on any atom is -0.497 e. The Bertz CT molecular complexity index is 1490. The third-order valence-electron chi connectivity index (χ3n) is 7.70. The van der Waals surface area contributed by atoms with Crippen molar-refractivity contribution in [1.29, 1.82) is 0 Å². The van der Waals surface area contributed by atoms with E-state index in [4.69, 9.17) is 19.9 Å². The number of nitrogens with two attached hydrogens (primary N) is 1.